The molecule has 0 aliphatic carbocycles. The van der Waals surface area contributed by atoms with E-state index in [0.29, 0.717) is 0 Å². The van der Waals surface area contributed by atoms with Gasteiger partial charge in [-0.05, 0) is 38.3 Å². The molecule has 1 fully saturated rings. The van der Waals surface area contributed by atoms with Crippen LogP contribution in [0.1, 0.15) is 19.3 Å². The van der Waals surface area contributed by atoms with E-state index in [1.54, 1.807) is 0 Å². The summed E-state index contributed by atoms with van der Waals surface area (Å²) >= 11 is 3.46. The summed E-state index contributed by atoms with van der Waals surface area (Å²) < 4.78 is 0. The smallest absolute Gasteiger partial charge is 0.00344 e. The highest BCUT2D eigenvalue weighted by atomic mass is 79.9. The summed E-state index contributed by atoms with van der Waals surface area (Å²) in [5, 5.41) is 4.56. The van der Waals surface area contributed by atoms with E-state index >= 15 is 0 Å². The second-order valence-electron chi connectivity index (χ2n) is 2.69. The fraction of sp³-hybridized carbons (Fsp3) is 1.00. The maximum Gasteiger partial charge on any atom is 0.00344 e. The van der Waals surface area contributed by atoms with Crippen molar-refractivity contribution in [3.05, 3.63) is 0 Å². The van der Waals surface area contributed by atoms with Crippen LogP contribution in [0.3, 0.4) is 0 Å². The molecule has 1 rings (SSSR count). The van der Waals surface area contributed by atoms with Crippen LogP contribution in [0.2, 0.25) is 0 Å². The van der Waals surface area contributed by atoms with Crippen molar-refractivity contribution in [1.29, 1.82) is 0 Å². The van der Waals surface area contributed by atoms with Crippen molar-refractivity contribution in [3.63, 3.8) is 0 Å². The summed E-state index contributed by atoms with van der Waals surface area (Å²) in [5.74, 6) is 0.943. The first-order chi connectivity index (χ1) is 4.43. The van der Waals surface area contributed by atoms with Gasteiger partial charge in [0.25, 0.3) is 0 Å². The Morgan fingerprint density at radius 2 is 2.44 bits per heavy atom. The van der Waals surface area contributed by atoms with Crippen molar-refractivity contribution in [3.8, 4) is 0 Å². The molecule has 54 valence electrons. The monoisotopic (exact) mass is 191 g/mol. The van der Waals surface area contributed by atoms with Crippen LogP contribution in [0.15, 0.2) is 0 Å². The standard InChI is InChI=1S/C7H14BrN/c8-4-3-7-2-1-5-9-6-7/h7,9H,1-6H2/t7-/m1/s1. The Morgan fingerprint density at radius 1 is 1.56 bits per heavy atom. The maximum absolute atomic E-state index is 3.46. The van der Waals surface area contributed by atoms with Gasteiger partial charge in [0, 0.05) is 5.33 Å². The van der Waals surface area contributed by atoms with Gasteiger partial charge in [0.05, 0.1) is 0 Å². The summed E-state index contributed by atoms with van der Waals surface area (Å²) in [6, 6.07) is 0. The number of halogens is 1. The van der Waals surface area contributed by atoms with Gasteiger partial charge in [0.1, 0.15) is 0 Å². The number of hydrogen-bond donors (Lipinski definition) is 1. The molecule has 0 spiro atoms. The highest BCUT2D eigenvalue weighted by Crippen LogP contribution is 2.14. The first kappa shape index (κ1) is 7.55. The van der Waals surface area contributed by atoms with E-state index in [-0.39, 0.29) is 0 Å². The minimum Gasteiger partial charge on any atom is -0.316 e. The van der Waals surface area contributed by atoms with Gasteiger partial charge in [-0.1, -0.05) is 15.9 Å². The average Bonchev–Trinajstić information content (AvgIpc) is 1.91. The maximum atomic E-state index is 3.46. The zero-order valence-corrected chi connectivity index (χ0v) is 7.28. The largest absolute Gasteiger partial charge is 0.316 e. The molecular weight excluding hydrogens is 178 g/mol. The van der Waals surface area contributed by atoms with E-state index in [2.05, 4.69) is 21.2 Å². The van der Waals surface area contributed by atoms with E-state index in [4.69, 9.17) is 0 Å². The van der Waals surface area contributed by atoms with Crippen LogP contribution in [0.25, 0.3) is 0 Å². The van der Waals surface area contributed by atoms with Gasteiger partial charge < -0.3 is 5.32 Å². The molecule has 1 atom stereocenters. The molecule has 1 aliphatic rings. The van der Waals surface area contributed by atoms with Gasteiger partial charge in [-0.2, -0.15) is 0 Å². The molecular formula is C7H14BrN. The Balaban J connectivity index is 2.08. The second kappa shape index (κ2) is 4.29. The van der Waals surface area contributed by atoms with Crippen LogP contribution in [0.4, 0.5) is 0 Å². The molecule has 2 heteroatoms. The summed E-state index contributed by atoms with van der Waals surface area (Å²) in [7, 11) is 0. The predicted octanol–water partition coefficient (Wildman–Crippen LogP) is 1.77. The second-order valence-corrected chi connectivity index (χ2v) is 3.48. The Morgan fingerprint density at radius 3 is 3.00 bits per heavy atom. The lowest BCUT2D eigenvalue weighted by Crippen LogP contribution is -2.29. The van der Waals surface area contributed by atoms with Gasteiger partial charge in [0.2, 0.25) is 0 Å². The molecule has 0 saturated carbocycles. The van der Waals surface area contributed by atoms with Crippen molar-refractivity contribution >= 4 is 15.9 Å². The quantitative estimate of drug-likeness (QED) is 0.657. The lowest BCUT2D eigenvalue weighted by Gasteiger charge is -2.21. The van der Waals surface area contributed by atoms with Gasteiger partial charge in [0.15, 0.2) is 0 Å². The molecule has 0 aromatic carbocycles. The summed E-state index contributed by atoms with van der Waals surface area (Å²) in [6.45, 7) is 2.48. The number of piperidine rings is 1. The third-order valence-electron chi connectivity index (χ3n) is 1.92. The summed E-state index contributed by atoms with van der Waals surface area (Å²) in [6.07, 6.45) is 4.14. The van der Waals surface area contributed by atoms with Gasteiger partial charge in [-0.3, -0.25) is 0 Å². The van der Waals surface area contributed by atoms with Crippen LogP contribution >= 0.6 is 15.9 Å². The Kier molecular flexibility index (Phi) is 3.59. The zero-order chi connectivity index (χ0) is 6.53. The first-order valence-corrected chi connectivity index (χ1v) is 4.82. The molecule has 0 aromatic heterocycles. The Bertz CT molecular complexity index is 66.6. The number of nitrogens with one attached hydrogen (secondary N) is 1. The number of hydrogen-bond acceptors (Lipinski definition) is 1. The van der Waals surface area contributed by atoms with Crippen LogP contribution in [-0.4, -0.2) is 18.4 Å². The van der Waals surface area contributed by atoms with Crippen molar-refractivity contribution in [1.82, 2.24) is 5.32 Å². The molecule has 1 aliphatic heterocycles. The molecule has 0 aromatic rings. The molecule has 0 unspecified atom stereocenters. The fourth-order valence-electron chi connectivity index (χ4n) is 1.32. The van der Waals surface area contributed by atoms with E-state index in [1.807, 2.05) is 0 Å². The lowest BCUT2D eigenvalue weighted by atomic mass is 9.97. The van der Waals surface area contributed by atoms with Gasteiger partial charge >= 0.3 is 0 Å². The molecule has 9 heavy (non-hydrogen) atoms. The Labute approximate surface area is 65.3 Å². The predicted molar refractivity (Wildman–Crippen MR) is 44.0 cm³/mol. The minimum atomic E-state index is 0.943. The van der Waals surface area contributed by atoms with Crippen LogP contribution in [0.5, 0.6) is 0 Å². The lowest BCUT2D eigenvalue weighted by molar-refractivity contribution is 0.371. The van der Waals surface area contributed by atoms with E-state index in [9.17, 15) is 0 Å². The van der Waals surface area contributed by atoms with E-state index in [1.165, 1.54) is 37.7 Å². The van der Waals surface area contributed by atoms with Crippen molar-refractivity contribution in [2.45, 2.75) is 19.3 Å². The Hall–Kier alpha value is 0.440. The minimum absolute atomic E-state index is 0.943. The van der Waals surface area contributed by atoms with Crippen molar-refractivity contribution in [2.75, 3.05) is 18.4 Å². The fourth-order valence-corrected chi connectivity index (χ4v) is 1.97. The highest BCUT2D eigenvalue weighted by molar-refractivity contribution is 9.09. The van der Waals surface area contributed by atoms with Crippen molar-refractivity contribution in [2.24, 2.45) is 5.92 Å². The number of rotatable bonds is 2. The highest BCUT2D eigenvalue weighted by Gasteiger charge is 2.10. The van der Waals surface area contributed by atoms with Gasteiger partial charge in [-0.15, -0.1) is 0 Å². The molecule has 0 bridgehead atoms. The molecule has 1 saturated heterocycles. The molecule has 1 N–H and O–H groups in total. The molecule has 0 radical (unpaired) electrons. The average molecular weight is 192 g/mol. The summed E-state index contributed by atoms with van der Waals surface area (Å²) in [4.78, 5) is 0. The third-order valence-corrected chi connectivity index (χ3v) is 2.37. The van der Waals surface area contributed by atoms with Crippen LogP contribution < -0.4 is 5.32 Å². The normalized spacial score (nSPS) is 28.3. The molecule has 1 heterocycles. The SMILES string of the molecule is BrCC[C@H]1CCCNC1. The van der Waals surface area contributed by atoms with E-state index in [0.717, 1.165) is 5.92 Å². The van der Waals surface area contributed by atoms with Gasteiger partial charge in [-0.25, -0.2) is 0 Å². The third kappa shape index (κ3) is 2.67. The number of alkyl halides is 1. The van der Waals surface area contributed by atoms with Crippen LogP contribution in [-0.2, 0) is 0 Å². The van der Waals surface area contributed by atoms with Crippen LogP contribution in [0, 0.1) is 5.92 Å². The van der Waals surface area contributed by atoms with E-state index < -0.39 is 0 Å². The topological polar surface area (TPSA) is 12.0 Å². The summed E-state index contributed by atoms with van der Waals surface area (Å²) in [5.41, 5.74) is 0. The zero-order valence-electron chi connectivity index (χ0n) is 5.70. The first-order valence-electron chi connectivity index (χ1n) is 3.70. The van der Waals surface area contributed by atoms with Crippen molar-refractivity contribution < 1.29 is 0 Å². The molecule has 0 amide bonds. The molecule has 1 nitrogen and oxygen atoms in total.